The predicted octanol–water partition coefficient (Wildman–Crippen LogP) is 1.50. The van der Waals surface area contributed by atoms with Crippen molar-refractivity contribution >= 4 is 11.6 Å². The van der Waals surface area contributed by atoms with Gasteiger partial charge in [0.1, 0.15) is 0 Å². The Morgan fingerprint density at radius 2 is 1.82 bits per heavy atom. The topological polar surface area (TPSA) is 67.1 Å². The van der Waals surface area contributed by atoms with Gasteiger partial charge in [-0.25, -0.2) is 5.43 Å². The Kier molecular flexibility index (Phi) is 4.08. The van der Waals surface area contributed by atoms with E-state index in [1.807, 2.05) is 0 Å². The molecule has 4 nitrogen and oxygen atoms in total. The Morgan fingerprint density at radius 1 is 1.29 bits per heavy atom. The summed E-state index contributed by atoms with van der Waals surface area (Å²) in [6, 6.07) is 3.54. The van der Waals surface area contributed by atoms with Crippen LogP contribution >= 0.6 is 0 Å². The number of nitrogens with one attached hydrogen (secondary N) is 2. The molecule has 0 aliphatic carbocycles. The lowest BCUT2D eigenvalue weighted by molar-refractivity contribution is -0.137. The highest BCUT2D eigenvalue weighted by Crippen LogP contribution is 2.29. The van der Waals surface area contributed by atoms with Gasteiger partial charge in [0.25, 0.3) is 0 Å². The second-order valence-electron chi connectivity index (χ2n) is 3.45. The van der Waals surface area contributed by atoms with Crippen molar-refractivity contribution in [2.45, 2.75) is 19.1 Å². The molecule has 0 saturated heterocycles. The lowest BCUT2D eigenvalue weighted by Gasteiger charge is -2.11. The zero-order valence-electron chi connectivity index (χ0n) is 9.01. The Morgan fingerprint density at radius 3 is 2.24 bits per heavy atom. The molecule has 0 spiro atoms. The van der Waals surface area contributed by atoms with E-state index < -0.39 is 23.7 Å². The number of nitrogens with two attached hydrogens (primary N) is 1. The van der Waals surface area contributed by atoms with Crippen molar-refractivity contribution in [2.24, 2.45) is 5.84 Å². The van der Waals surface area contributed by atoms with E-state index >= 15 is 0 Å². The van der Waals surface area contributed by atoms with E-state index in [4.69, 9.17) is 5.84 Å². The van der Waals surface area contributed by atoms with Crippen LogP contribution in [0.4, 0.5) is 18.9 Å². The lowest BCUT2D eigenvalue weighted by Crippen LogP contribution is -2.42. The molecular formula is C10H12F3N3O. The first-order valence-electron chi connectivity index (χ1n) is 4.79. The van der Waals surface area contributed by atoms with E-state index in [9.17, 15) is 18.0 Å². The van der Waals surface area contributed by atoms with E-state index in [1.54, 1.807) is 0 Å². The van der Waals surface area contributed by atoms with Gasteiger partial charge in [-0.05, 0) is 31.2 Å². The van der Waals surface area contributed by atoms with Gasteiger partial charge in [0.15, 0.2) is 0 Å². The maximum atomic E-state index is 12.3. The molecule has 0 radical (unpaired) electrons. The van der Waals surface area contributed by atoms with E-state index in [0.717, 1.165) is 12.1 Å². The Bertz CT molecular complexity index is 389. The fourth-order valence-electron chi connectivity index (χ4n) is 1.07. The number of hydrogen-bond acceptors (Lipinski definition) is 3. The maximum Gasteiger partial charge on any atom is 0.416 e. The normalized spacial score (nSPS) is 13.2. The smallest absolute Gasteiger partial charge is 0.325 e. The van der Waals surface area contributed by atoms with Crippen LogP contribution in [0.25, 0.3) is 0 Å². The van der Waals surface area contributed by atoms with Gasteiger partial charge >= 0.3 is 6.18 Å². The molecule has 94 valence electrons. The van der Waals surface area contributed by atoms with Gasteiger partial charge in [0.05, 0.1) is 11.6 Å². The molecule has 0 fully saturated rings. The van der Waals surface area contributed by atoms with Gasteiger partial charge in [-0.2, -0.15) is 13.2 Å². The van der Waals surface area contributed by atoms with Crippen LogP contribution in [0.3, 0.4) is 0 Å². The van der Waals surface area contributed by atoms with Crippen LogP contribution in [0.5, 0.6) is 0 Å². The third kappa shape index (κ3) is 3.72. The predicted molar refractivity (Wildman–Crippen MR) is 56.9 cm³/mol. The van der Waals surface area contributed by atoms with Crippen LogP contribution in [0.1, 0.15) is 12.5 Å². The van der Waals surface area contributed by atoms with Gasteiger partial charge in [-0.3, -0.25) is 10.6 Å². The van der Waals surface area contributed by atoms with Gasteiger partial charge in [-0.1, -0.05) is 0 Å². The number of rotatable bonds is 3. The molecule has 4 N–H and O–H groups in total. The summed E-state index contributed by atoms with van der Waals surface area (Å²) in [5.41, 5.74) is 1.75. The molecule has 1 atom stereocenters. The van der Waals surface area contributed by atoms with Crippen LogP contribution in [-0.2, 0) is 11.0 Å². The first-order chi connectivity index (χ1) is 7.84. The minimum atomic E-state index is -4.38. The van der Waals surface area contributed by atoms with Gasteiger partial charge in [-0.15, -0.1) is 0 Å². The average Bonchev–Trinajstić information content (AvgIpc) is 2.27. The molecule has 1 aromatic carbocycles. The molecule has 1 unspecified atom stereocenters. The molecule has 1 rings (SSSR count). The summed E-state index contributed by atoms with van der Waals surface area (Å²) in [7, 11) is 0. The van der Waals surface area contributed by atoms with E-state index in [1.165, 1.54) is 19.1 Å². The SMILES string of the molecule is CC(NN)C(=O)Nc1ccc(C(F)(F)F)cc1. The summed E-state index contributed by atoms with van der Waals surface area (Å²) < 4.78 is 36.8. The lowest BCUT2D eigenvalue weighted by atomic mass is 10.2. The molecular weight excluding hydrogens is 235 g/mol. The maximum absolute atomic E-state index is 12.3. The van der Waals surface area contributed by atoms with Crippen molar-refractivity contribution in [1.82, 2.24) is 5.43 Å². The summed E-state index contributed by atoms with van der Waals surface area (Å²) in [6.45, 7) is 1.53. The van der Waals surface area contributed by atoms with Crippen LogP contribution in [0.2, 0.25) is 0 Å². The van der Waals surface area contributed by atoms with Crippen molar-refractivity contribution < 1.29 is 18.0 Å². The van der Waals surface area contributed by atoms with E-state index in [2.05, 4.69) is 10.7 Å². The third-order valence-electron chi connectivity index (χ3n) is 2.12. The molecule has 7 heteroatoms. The van der Waals surface area contributed by atoms with Crippen molar-refractivity contribution in [3.63, 3.8) is 0 Å². The average molecular weight is 247 g/mol. The number of carbonyl (C=O) groups is 1. The highest BCUT2D eigenvalue weighted by atomic mass is 19.4. The number of anilines is 1. The molecule has 0 heterocycles. The Hall–Kier alpha value is -1.60. The van der Waals surface area contributed by atoms with E-state index in [-0.39, 0.29) is 5.69 Å². The van der Waals surface area contributed by atoms with Gasteiger partial charge < -0.3 is 5.32 Å². The molecule has 1 amide bonds. The first kappa shape index (κ1) is 13.5. The molecule has 0 aliphatic heterocycles. The van der Waals surface area contributed by atoms with Crippen LogP contribution < -0.4 is 16.6 Å². The standard InChI is InChI=1S/C10H12F3N3O/c1-6(16-14)9(17)15-8-4-2-7(3-5-8)10(11,12)13/h2-6,16H,14H2,1H3,(H,15,17). The summed E-state index contributed by atoms with van der Waals surface area (Å²) in [6.07, 6.45) is -4.38. The Labute approximate surface area is 96.0 Å². The van der Waals surface area contributed by atoms with Crippen LogP contribution in [-0.4, -0.2) is 11.9 Å². The largest absolute Gasteiger partial charge is 0.416 e. The highest BCUT2D eigenvalue weighted by Gasteiger charge is 2.30. The summed E-state index contributed by atoms with van der Waals surface area (Å²) >= 11 is 0. The van der Waals surface area contributed by atoms with Gasteiger partial charge in [0.2, 0.25) is 5.91 Å². The van der Waals surface area contributed by atoms with Crippen LogP contribution in [0, 0.1) is 0 Å². The van der Waals surface area contributed by atoms with Crippen molar-refractivity contribution in [2.75, 3.05) is 5.32 Å². The third-order valence-corrected chi connectivity index (χ3v) is 2.12. The first-order valence-corrected chi connectivity index (χ1v) is 4.79. The fraction of sp³-hybridized carbons (Fsp3) is 0.300. The summed E-state index contributed by atoms with van der Waals surface area (Å²) in [4.78, 5) is 11.3. The number of halogens is 3. The summed E-state index contributed by atoms with van der Waals surface area (Å²) in [5, 5.41) is 2.42. The number of hydrazine groups is 1. The van der Waals surface area contributed by atoms with Crippen molar-refractivity contribution in [1.29, 1.82) is 0 Å². The minimum absolute atomic E-state index is 0.283. The quantitative estimate of drug-likeness (QED) is 0.560. The van der Waals surface area contributed by atoms with Crippen molar-refractivity contribution in [3.05, 3.63) is 29.8 Å². The zero-order valence-corrected chi connectivity index (χ0v) is 9.01. The molecule has 0 bridgehead atoms. The number of benzene rings is 1. The number of amides is 1. The zero-order chi connectivity index (χ0) is 13.1. The molecule has 0 aliphatic rings. The van der Waals surface area contributed by atoms with Gasteiger partial charge in [0, 0.05) is 5.69 Å². The second-order valence-corrected chi connectivity index (χ2v) is 3.45. The summed E-state index contributed by atoms with van der Waals surface area (Å²) in [5.74, 6) is 4.62. The second kappa shape index (κ2) is 5.15. The van der Waals surface area contributed by atoms with Crippen LogP contribution in [0.15, 0.2) is 24.3 Å². The van der Waals surface area contributed by atoms with Crippen molar-refractivity contribution in [3.8, 4) is 0 Å². The Balaban J connectivity index is 2.73. The minimum Gasteiger partial charge on any atom is -0.325 e. The molecule has 0 aromatic heterocycles. The van der Waals surface area contributed by atoms with E-state index in [0.29, 0.717) is 0 Å². The molecule has 17 heavy (non-hydrogen) atoms. The molecule has 0 saturated carbocycles. The number of hydrogen-bond donors (Lipinski definition) is 3. The number of alkyl halides is 3. The fourth-order valence-corrected chi connectivity index (χ4v) is 1.07. The molecule has 1 aromatic rings. The number of carbonyl (C=O) groups excluding carboxylic acids is 1. The highest BCUT2D eigenvalue weighted by molar-refractivity contribution is 5.94. The monoisotopic (exact) mass is 247 g/mol.